The van der Waals surface area contributed by atoms with Crippen molar-refractivity contribution in [1.82, 2.24) is 4.90 Å². The van der Waals surface area contributed by atoms with Gasteiger partial charge in [0.1, 0.15) is 5.75 Å². The van der Waals surface area contributed by atoms with E-state index in [0.717, 1.165) is 12.8 Å². The zero-order valence-electron chi connectivity index (χ0n) is 16.6. The zero-order valence-corrected chi connectivity index (χ0v) is 18.1. The largest absolute Gasteiger partial charge is 0.508 e. The van der Waals surface area contributed by atoms with Crippen molar-refractivity contribution in [3.8, 4) is 5.75 Å². The topological polar surface area (TPSA) is 144 Å². The van der Waals surface area contributed by atoms with E-state index in [9.17, 15) is 28.2 Å². The van der Waals surface area contributed by atoms with Crippen LogP contribution < -0.4 is 5.73 Å². The number of carbonyl (C=O) groups is 2. The van der Waals surface area contributed by atoms with E-state index in [1.54, 1.807) is 11.0 Å². The maximum Gasteiger partial charge on any atom is 0.490 e. The average Bonchev–Trinajstić information content (AvgIpc) is 2.98. The Balaban J connectivity index is 0.000000451. The standard InChI is InChI=1S/C17H22Cl2N2O4.C2HF3O2/c18-11-3-10(13(23)4-12(11)19)16(20)15-8-1-2-9(15)6-21(5-8)17(25)14(24)7-22;3-2(4,5)1(6)7/h3-4,8-9,14-16,22-24H,1-2,5-7,20H2;(H,6,7). The van der Waals surface area contributed by atoms with Crippen LogP contribution in [0.4, 0.5) is 13.2 Å². The Bertz CT molecular complexity index is 843. The molecule has 2 fully saturated rings. The number of amides is 1. The molecule has 1 aliphatic heterocycles. The molecule has 1 saturated heterocycles. The van der Waals surface area contributed by atoms with Crippen LogP contribution in [0.5, 0.6) is 5.75 Å². The van der Waals surface area contributed by atoms with Gasteiger partial charge in [0.15, 0.2) is 6.10 Å². The molecule has 1 amide bonds. The summed E-state index contributed by atoms with van der Waals surface area (Å²) in [6, 6.07) is 2.60. The van der Waals surface area contributed by atoms with Crippen LogP contribution in [-0.4, -0.2) is 69.2 Å². The van der Waals surface area contributed by atoms with Crippen molar-refractivity contribution >= 4 is 35.1 Å². The number of hydrogen-bond acceptors (Lipinski definition) is 6. The van der Waals surface area contributed by atoms with Gasteiger partial charge in [-0.2, -0.15) is 13.2 Å². The molecular formula is C19H23Cl2F3N2O6. The fraction of sp³-hybridized carbons (Fsp3) is 0.579. The summed E-state index contributed by atoms with van der Waals surface area (Å²) >= 11 is 12.0. The summed E-state index contributed by atoms with van der Waals surface area (Å²) in [5.41, 5.74) is 7.02. The van der Waals surface area contributed by atoms with Crippen LogP contribution in [0.3, 0.4) is 0 Å². The third-order valence-corrected chi connectivity index (χ3v) is 6.48. The third-order valence-electron chi connectivity index (χ3n) is 5.76. The number of benzene rings is 1. The molecule has 3 rings (SSSR count). The van der Waals surface area contributed by atoms with E-state index < -0.39 is 36.8 Å². The highest BCUT2D eigenvalue weighted by Gasteiger charge is 2.47. The Labute approximate surface area is 191 Å². The molecule has 4 atom stereocenters. The van der Waals surface area contributed by atoms with E-state index >= 15 is 0 Å². The fourth-order valence-electron chi connectivity index (χ4n) is 4.35. The van der Waals surface area contributed by atoms with Gasteiger partial charge in [0, 0.05) is 30.8 Å². The maximum atomic E-state index is 12.1. The molecule has 1 aromatic carbocycles. The first-order valence-electron chi connectivity index (χ1n) is 9.59. The van der Waals surface area contributed by atoms with Crippen LogP contribution in [0.15, 0.2) is 12.1 Å². The number of aliphatic hydroxyl groups is 2. The number of carbonyl (C=O) groups excluding carboxylic acids is 1. The second-order valence-corrected chi connectivity index (χ2v) is 8.58. The molecule has 13 heteroatoms. The van der Waals surface area contributed by atoms with Gasteiger partial charge in [-0.3, -0.25) is 4.79 Å². The normalized spacial score (nSPS) is 24.4. The first-order chi connectivity index (χ1) is 14.8. The molecule has 2 bridgehead atoms. The van der Waals surface area contributed by atoms with E-state index in [1.807, 2.05) is 0 Å². The van der Waals surface area contributed by atoms with E-state index in [-0.39, 0.29) is 28.5 Å². The second-order valence-electron chi connectivity index (χ2n) is 7.77. The van der Waals surface area contributed by atoms with Crippen molar-refractivity contribution in [2.24, 2.45) is 23.5 Å². The highest BCUT2D eigenvalue weighted by molar-refractivity contribution is 6.42. The lowest BCUT2D eigenvalue weighted by Crippen LogP contribution is -2.51. The Morgan fingerprint density at radius 3 is 2.06 bits per heavy atom. The Kier molecular flexibility index (Phi) is 8.62. The van der Waals surface area contributed by atoms with Crippen molar-refractivity contribution in [3.63, 3.8) is 0 Å². The smallest absolute Gasteiger partial charge is 0.490 e. The maximum absolute atomic E-state index is 12.1. The Morgan fingerprint density at radius 1 is 1.16 bits per heavy atom. The summed E-state index contributed by atoms with van der Waals surface area (Å²) in [5.74, 6) is -2.71. The van der Waals surface area contributed by atoms with Crippen molar-refractivity contribution in [3.05, 3.63) is 27.7 Å². The Morgan fingerprint density at radius 2 is 1.62 bits per heavy atom. The molecular weight excluding hydrogens is 480 g/mol. The minimum Gasteiger partial charge on any atom is -0.508 e. The molecule has 0 spiro atoms. The number of aromatic hydroxyl groups is 1. The Hall–Kier alpha value is -1.79. The van der Waals surface area contributed by atoms with Gasteiger partial charge in [-0.05, 0) is 36.7 Å². The van der Waals surface area contributed by atoms with Crippen LogP contribution in [0.1, 0.15) is 24.4 Å². The lowest BCUT2D eigenvalue weighted by Gasteiger charge is -2.41. The first kappa shape index (κ1) is 26.5. The molecule has 1 aromatic rings. The molecule has 1 heterocycles. The molecule has 1 saturated carbocycles. The van der Waals surface area contributed by atoms with Crippen LogP contribution in [0.25, 0.3) is 0 Å². The number of nitrogens with two attached hydrogens (primary N) is 1. The number of phenols is 1. The van der Waals surface area contributed by atoms with Crippen LogP contribution in [-0.2, 0) is 9.59 Å². The number of rotatable bonds is 4. The van der Waals surface area contributed by atoms with Gasteiger partial charge >= 0.3 is 12.1 Å². The molecule has 0 radical (unpaired) electrons. The quantitative estimate of drug-likeness (QED) is 0.424. The number of likely N-dealkylation sites (tertiary alicyclic amines) is 1. The number of fused-ring (bicyclic) bond motifs is 2. The van der Waals surface area contributed by atoms with Crippen LogP contribution >= 0.6 is 23.2 Å². The highest BCUT2D eigenvalue weighted by atomic mass is 35.5. The van der Waals surface area contributed by atoms with Crippen molar-refractivity contribution in [1.29, 1.82) is 0 Å². The second kappa shape index (κ2) is 10.4. The molecule has 32 heavy (non-hydrogen) atoms. The number of carboxylic acid groups (broad SMARTS) is 1. The minimum atomic E-state index is -5.08. The van der Waals surface area contributed by atoms with Gasteiger partial charge in [-0.1, -0.05) is 23.2 Å². The number of nitrogens with zero attached hydrogens (tertiary/aromatic N) is 1. The lowest BCUT2D eigenvalue weighted by molar-refractivity contribution is -0.192. The average molecular weight is 503 g/mol. The number of phenolic OH excluding ortho intramolecular Hbond substituents is 1. The number of carboxylic acids is 1. The highest BCUT2D eigenvalue weighted by Crippen LogP contribution is 2.49. The molecule has 0 aromatic heterocycles. The summed E-state index contributed by atoms with van der Waals surface area (Å²) < 4.78 is 31.7. The molecule has 8 nitrogen and oxygen atoms in total. The fourth-order valence-corrected chi connectivity index (χ4v) is 4.68. The van der Waals surface area contributed by atoms with Crippen LogP contribution in [0, 0.1) is 17.8 Å². The SMILES string of the molecule is NC(c1cc(Cl)c(Cl)cc1O)C1C2CCC1CN(C(=O)C(O)CO)C2.O=C(O)C(F)(F)F. The predicted octanol–water partition coefficient (Wildman–Crippen LogP) is 2.17. The summed E-state index contributed by atoms with van der Waals surface area (Å²) in [5, 5.41) is 36.5. The molecule has 2 aliphatic rings. The van der Waals surface area contributed by atoms with Crippen LogP contribution in [0.2, 0.25) is 10.0 Å². The molecule has 4 unspecified atom stereocenters. The summed E-state index contributed by atoms with van der Waals surface area (Å²) in [6.07, 6.45) is -4.59. The third kappa shape index (κ3) is 5.96. The number of hydrogen-bond donors (Lipinski definition) is 5. The summed E-state index contributed by atoms with van der Waals surface area (Å²) in [7, 11) is 0. The van der Waals surface area contributed by atoms with Gasteiger partial charge in [0.05, 0.1) is 16.7 Å². The van der Waals surface area contributed by atoms with Crippen molar-refractivity contribution in [2.45, 2.75) is 31.2 Å². The van der Waals surface area contributed by atoms with E-state index in [0.29, 0.717) is 23.7 Å². The minimum absolute atomic E-state index is 0.0236. The summed E-state index contributed by atoms with van der Waals surface area (Å²) in [6.45, 7) is 0.407. The van der Waals surface area contributed by atoms with E-state index in [1.165, 1.54) is 6.07 Å². The van der Waals surface area contributed by atoms with Gasteiger partial charge < -0.3 is 31.1 Å². The zero-order chi connectivity index (χ0) is 24.4. The number of aliphatic carboxylic acids is 1. The summed E-state index contributed by atoms with van der Waals surface area (Å²) in [4.78, 5) is 22.7. The number of halogens is 5. The molecule has 1 aliphatic carbocycles. The molecule has 180 valence electrons. The van der Waals surface area contributed by atoms with Crippen molar-refractivity contribution in [2.75, 3.05) is 19.7 Å². The first-order valence-corrected chi connectivity index (χ1v) is 10.3. The van der Waals surface area contributed by atoms with E-state index in [4.69, 9.17) is 43.9 Å². The number of alkyl halides is 3. The van der Waals surface area contributed by atoms with Gasteiger partial charge in [-0.15, -0.1) is 0 Å². The van der Waals surface area contributed by atoms with Gasteiger partial charge in [0.2, 0.25) is 0 Å². The lowest BCUT2D eigenvalue weighted by atomic mass is 9.77. The predicted molar refractivity (Wildman–Crippen MR) is 108 cm³/mol. The van der Waals surface area contributed by atoms with Gasteiger partial charge in [-0.25, -0.2) is 4.79 Å². The number of aliphatic hydroxyl groups excluding tert-OH is 2. The van der Waals surface area contributed by atoms with Gasteiger partial charge in [0.25, 0.3) is 5.91 Å². The van der Waals surface area contributed by atoms with Crippen molar-refractivity contribution < 1.29 is 43.2 Å². The van der Waals surface area contributed by atoms with E-state index in [2.05, 4.69) is 0 Å². The monoisotopic (exact) mass is 502 g/mol. The number of piperidine rings is 1. The molecule has 6 N–H and O–H groups in total.